The van der Waals surface area contributed by atoms with Crippen LogP contribution in [0.25, 0.3) is 0 Å². The van der Waals surface area contributed by atoms with Crippen molar-refractivity contribution in [1.82, 2.24) is 0 Å². The summed E-state index contributed by atoms with van der Waals surface area (Å²) in [5.41, 5.74) is 0. The molecule has 0 saturated carbocycles. The molecule has 3 heteroatoms. The molecule has 0 unspecified atom stereocenters. The van der Waals surface area contributed by atoms with Crippen LogP contribution in [-0.2, 0) is 4.74 Å². The van der Waals surface area contributed by atoms with Crippen LogP contribution in [0.1, 0.15) is 6.92 Å². The maximum Gasteiger partial charge on any atom is 0.333 e. The summed E-state index contributed by atoms with van der Waals surface area (Å²) in [6.45, 7) is 3.89. The van der Waals surface area contributed by atoms with Gasteiger partial charge in [-0.3, -0.25) is 0 Å². The van der Waals surface area contributed by atoms with Crippen LogP contribution in [0.5, 0.6) is 0 Å². The van der Waals surface area contributed by atoms with Gasteiger partial charge in [0, 0.05) is 0 Å². The van der Waals surface area contributed by atoms with Gasteiger partial charge in [-0.25, -0.2) is 4.58 Å². The molecule has 1 aliphatic heterocycles. The van der Waals surface area contributed by atoms with E-state index in [2.05, 4.69) is 4.58 Å². The molecule has 0 atom stereocenters. The summed E-state index contributed by atoms with van der Waals surface area (Å²) in [6, 6.07) is 0. The normalized spacial score (nSPS) is 17.8. The first-order valence-corrected chi connectivity index (χ1v) is 2.48. The van der Waals surface area contributed by atoms with Crippen LogP contribution in [0.15, 0.2) is 0 Å². The van der Waals surface area contributed by atoms with Crippen molar-refractivity contribution in [3.63, 3.8) is 0 Å². The Hall–Kier alpha value is -0.240. The van der Waals surface area contributed by atoms with Crippen molar-refractivity contribution in [1.29, 1.82) is 0 Å². The van der Waals surface area contributed by atoms with E-state index in [0.29, 0.717) is 0 Å². The second kappa shape index (κ2) is 2.92. The SMILES string of the molecule is CC1=[N+](C)CCO1.[Cl-]. The minimum absolute atomic E-state index is 0. The number of likely N-dealkylation sites (N-methyl/N-ethyl adjacent to an activating group) is 1. The molecule has 0 aromatic heterocycles. The second-order valence-electron chi connectivity index (χ2n) is 1.79. The molecule has 0 amide bonds. The van der Waals surface area contributed by atoms with Gasteiger partial charge >= 0.3 is 5.90 Å². The van der Waals surface area contributed by atoms with E-state index in [9.17, 15) is 0 Å². The summed E-state index contributed by atoms with van der Waals surface area (Å²) in [7, 11) is 2.03. The van der Waals surface area contributed by atoms with E-state index in [1.54, 1.807) is 0 Å². The predicted octanol–water partition coefficient (Wildman–Crippen LogP) is -2.92. The van der Waals surface area contributed by atoms with Crippen LogP contribution in [0, 0.1) is 0 Å². The van der Waals surface area contributed by atoms with Gasteiger partial charge in [0.05, 0.1) is 6.92 Å². The maximum atomic E-state index is 5.11. The Morgan fingerprint density at radius 1 is 1.62 bits per heavy atom. The van der Waals surface area contributed by atoms with Crippen molar-refractivity contribution in [2.24, 2.45) is 0 Å². The van der Waals surface area contributed by atoms with E-state index in [0.717, 1.165) is 19.0 Å². The Balaban J connectivity index is 0.000000490. The van der Waals surface area contributed by atoms with Gasteiger partial charge in [-0.2, -0.15) is 0 Å². The molecule has 8 heavy (non-hydrogen) atoms. The first-order valence-electron chi connectivity index (χ1n) is 2.48. The highest BCUT2D eigenvalue weighted by atomic mass is 35.5. The molecule has 1 aliphatic rings. The van der Waals surface area contributed by atoms with E-state index in [-0.39, 0.29) is 12.4 Å². The average molecular weight is 136 g/mol. The third kappa shape index (κ3) is 1.37. The number of hydrogen-bond acceptors (Lipinski definition) is 1. The Morgan fingerprint density at radius 3 is 2.38 bits per heavy atom. The summed E-state index contributed by atoms with van der Waals surface area (Å²) in [5, 5.41) is 0. The summed E-state index contributed by atoms with van der Waals surface area (Å²) < 4.78 is 7.20. The van der Waals surface area contributed by atoms with Crippen molar-refractivity contribution in [3.8, 4) is 0 Å². The average Bonchev–Trinajstić information content (AvgIpc) is 1.91. The standard InChI is InChI=1S/C5H10NO.ClH/c1-5-6(2)3-4-7-5;/h3-4H2,1-2H3;1H/q+1;/p-1. The van der Waals surface area contributed by atoms with Crippen molar-refractivity contribution in [2.45, 2.75) is 6.92 Å². The molecule has 0 bridgehead atoms. The van der Waals surface area contributed by atoms with Gasteiger partial charge < -0.3 is 17.1 Å². The number of nitrogens with zero attached hydrogens (tertiary/aromatic N) is 1. The van der Waals surface area contributed by atoms with E-state index in [1.807, 2.05) is 14.0 Å². The fourth-order valence-electron chi connectivity index (χ4n) is 0.598. The molecule has 0 aromatic carbocycles. The van der Waals surface area contributed by atoms with Gasteiger partial charge in [0.25, 0.3) is 0 Å². The first-order chi connectivity index (χ1) is 3.30. The van der Waals surface area contributed by atoms with E-state index in [1.165, 1.54) is 0 Å². The zero-order valence-corrected chi connectivity index (χ0v) is 5.90. The third-order valence-electron chi connectivity index (χ3n) is 1.28. The predicted molar refractivity (Wildman–Crippen MR) is 27.7 cm³/mol. The highest BCUT2D eigenvalue weighted by Gasteiger charge is 2.12. The van der Waals surface area contributed by atoms with E-state index >= 15 is 0 Å². The summed E-state index contributed by atoms with van der Waals surface area (Å²) in [4.78, 5) is 0. The van der Waals surface area contributed by atoms with Crippen LogP contribution in [0.3, 0.4) is 0 Å². The molecule has 0 spiro atoms. The van der Waals surface area contributed by atoms with Crippen molar-refractivity contribution in [3.05, 3.63) is 0 Å². The summed E-state index contributed by atoms with van der Waals surface area (Å²) >= 11 is 0. The molecule has 2 nitrogen and oxygen atoms in total. The monoisotopic (exact) mass is 135 g/mol. The Morgan fingerprint density at radius 2 is 2.25 bits per heavy atom. The molecule has 0 fully saturated rings. The van der Waals surface area contributed by atoms with Crippen LogP contribution in [0.2, 0.25) is 0 Å². The van der Waals surface area contributed by atoms with Gasteiger partial charge in [-0.15, -0.1) is 0 Å². The summed E-state index contributed by atoms with van der Waals surface area (Å²) in [5.74, 6) is 1.04. The summed E-state index contributed by atoms with van der Waals surface area (Å²) in [6.07, 6.45) is 0. The number of halogens is 1. The Bertz CT molecular complexity index is 99.0. The topological polar surface area (TPSA) is 12.2 Å². The van der Waals surface area contributed by atoms with Crippen molar-refractivity contribution in [2.75, 3.05) is 20.2 Å². The van der Waals surface area contributed by atoms with Crippen LogP contribution in [0.4, 0.5) is 0 Å². The minimum atomic E-state index is 0. The van der Waals surface area contributed by atoms with Crippen LogP contribution < -0.4 is 12.4 Å². The third-order valence-corrected chi connectivity index (χ3v) is 1.28. The van der Waals surface area contributed by atoms with Crippen molar-refractivity contribution >= 4 is 5.90 Å². The fourth-order valence-corrected chi connectivity index (χ4v) is 0.598. The zero-order chi connectivity index (χ0) is 5.28. The van der Waals surface area contributed by atoms with Crippen LogP contribution in [-0.4, -0.2) is 30.7 Å². The maximum absolute atomic E-state index is 5.11. The lowest BCUT2D eigenvalue weighted by Crippen LogP contribution is -3.00. The van der Waals surface area contributed by atoms with Gasteiger partial charge in [0.2, 0.25) is 0 Å². The molecule has 0 aliphatic carbocycles. The smallest absolute Gasteiger partial charge is 0.333 e. The van der Waals surface area contributed by atoms with E-state index < -0.39 is 0 Å². The highest BCUT2D eigenvalue weighted by Crippen LogP contribution is 1.88. The van der Waals surface area contributed by atoms with Crippen molar-refractivity contribution < 1.29 is 21.7 Å². The molecular weight excluding hydrogens is 126 g/mol. The Labute approximate surface area is 55.6 Å². The van der Waals surface area contributed by atoms with Crippen LogP contribution >= 0.6 is 0 Å². The molecule has 0 saturated heterocycles. The molecule has 0 radical (unpaired) electrons. The van der Waals surface area contributed by atoms with Gasteiger partial charge in [0.1, 0.15) is 7.05 Å². The number of hydrogen-bond donors (Lipinski definition) is 0. The molecule has 48 valence electrons. The fraction of sp³-hybridized carbons (Fsp3) is 0.800. The lowest BCUT2D eigenvalue weighted by Gasteiger charge is -1.82. The lowest BCUT2D eigenvalue weighted by atomic mass is 10.7. The molecule has 0 N–H and O–H groups in total. The lowest BCUT2D eigenvalue weighted by molar-refractivity contribution is -0.487. The van der Waals surface area contributed by atoms with Gasteiger partial charge in [-0.1, -0.05) is 0 Å². The molecule has 1 heterocycles. The zero-order valence-electron chi connectivity index (χ0n) is 5.15. The minimum Gasteiger partial charge on any atom is -1.00 e. The Kier molecular flexibility index (Phi) is 2.84. The number of ether oxygens (including phenoxy) is 1. The molecule has 1 rings (SSSR count). The highest BCUT2D eigenvalue weighted by molar-refractivity contribution is 5.68. The van der Waals surface area contributed by atoms with Gasteiger partial charge in [-0.05, 0) is 0 Å². The largest absolute Gasteiger partial charge is 1.00 e. The quantitative estimate of drug-likeness (QED) is 0.324. The van der Waals surface area contributed by atoms with Gasteiger partial charge in [0.15, 0.2) is 13.2 Å². The van der Waals surface area contributed by atoms with E-state index in [4.69, 9.17) is 4.74 Å². The molecular formula is C5H10ClNO. The number of rotatable bonds is 0. The molecule has 0 aromatic rings. The second-order valence-corrected chi connectivity index (χ2v) is 1.79. The first kappa shape index (κ1) is 7.76.